The largest absolute Gasteiger partial charge is 0.383 e. The summed E-state index contributed by atoms with van der Waals surface area (Å²) in [6.07, 6.45) is 0. The molecule has 10 heteroatoms. The van der Waals surface area contributed by atoms with Gasteiger partial charge in [0.15, 0.2) is 5.16 Å². The van der Waals surface area contributed by atoms with Crippen LogP contribution in [0.2, 0.25) is 15.1 Å². The maximum atomic E-state index is 12.9. The number of aromatic nitrogens is 2. The van der Waals surface area contributed by atoms with Gasteiger partial charge in [0, 0.05) is 17.2 Å². The fourth-order valence-corrected chi connectivity index (χ4v) is 4.02. The van der Waals surface area contributed by atoms with E-state index < -0.39 is 0 Å². The Bertz CT molecular complexity index is 1120. The predicted molar refractivity (Wildman–Crippen MR) is 119 cm³/mol. The molecule has 0 aliphatic heterocycles. The molecule has 6 nitrogen and oxygen atoms in total. The Balaban J connectivity index is 1.83. The highest BCUT2D eigenvalue weighted by atomic mass is 35.5. The number of nitrogens with one attached hydrogen (secondary N) is 1. The molecule has 0 atom stereocenters. The molecule has 1 N–H and O–H groups in total. The standard InChI is InChI=1S/C19H16Cl3N3O3S/c1-28-7-6-25-18(27)13-4-2-12(21)9-16(13)24-19(25)29-10-17(26)23-15-5-3-11(20)8-14(15)22/h2-5,8-9H,6-7,10H2,1H3,(H,23,26). The third-order valence-electron chi connectivity index (χ3n) is 3.94. The lowest BCUT2D eigenvalue weighted by molar-refractivity contribution is -0.113. The van der Waals surface area contributed by atoms with E-state index in [1.807, 2.05) is 0 Å². The number of nitrogens with zero attached hydrogens (tertiary/aromatic N) is 2. The van der Waals surface area contributed by atoms with E-state index in [2.05, 4.69) is 10.3 Å². The van der Waals surface area contributed by atoms with E-state index in [-0.39, 0.29) is 17.2 Å². The van der Waals surface area contributed by atoms with Crippen LogP contribution in [0.5, 0.6) is 0 Å². The molecule has 0 aliphatic rings. The van der Waals surface area contributed by atoms with Crippen LogP contribution >= 0.6 is 46.6 Å². The first-order chi connectivity index (χ1) is 13.9. The second kappa shape index (κ2) is 9.82. The van der Waals surface area contributed by atoms with Crippen molar-refractivity contribution in [3.8, 4) is 0 Å². The first-order valence-corrected chi connectivity index (χ1v) is 10.6. The zero-order valence-electron chi connectivity index (χ0n) is 15.2. The molecular formula is C19H16Cl3N3O3S. The quantitative estimate of drug-likeness (QED) is 0.397. The van der Waals surface area contributed by atoms with Crippen LogP contribution in [0.15, 0.2) is 46.3 Å². The van der Waals surface area contributed by atoms with Crippen LogP contribution in [0, 0.1) is 0 Å². The lowest BCUT2D eigenvalue weighted by atomic mass is 10.2. The average molecular weight is 473 g/mol. The van der Waals surface area contributed by atoms with Crippen molar-refractivity contribution in [3.05, 3.63) is 61.8 Å². The normalized spacial score (nSPS) is 11.0. The van der Waals surface area contributed by atoms with Crippen molar-refractivity contribution in [3.63, 3.8) is 0 Å². The lowest BCUT2D eigenvalue weighted by Gasteiger charge is -2.13. The van der Waals surface area contributed by atoms with Gasteiger partial charge in [0.1, 0.15) is 0 Å². The summed E-state index contributed by atoms with van der Waals surface area (Å²) in [5, 5.41) is 4.86. The number of ether oxygens (including phenoxy) is 1. The van der Waals surface area contributed by atoms with Gasteiger partial charge in [-0.2, -0.15) is 0 Å². The Morgan fingerprint density at radius 1 is 1.17 bits per heavy atom. The molecule has 0 saturated heterocycles. The van der Waals surface area contributed by atoms with E-state index in [9.17, 15) is 9.59 Å². The molecule has 0 radical (unpaired) electrons. The Morgan fingerprint density at radius 3 is 2.62 bits per heavy atom. The number of rotatable bonds is 7. The maximum absolute atomic E-state index is 12.9. The SMILES string of the molecule is COCCn1c(SCC(=O)Nc2ccc(Cl)cc2Cl)nc2cc(Cl)ccc2c1=O. The van der Waals surface area contributed by atoms with Gasteiger partial charge in [-0.15, -0.1) is 0 Å². The number of hydrogen-bond donors (Lipinski definition) is 1. The van der Waals surface area contributed by atoms with Crippen LogP contribution in [-0.4, -0.2) is 34.9 Å². The fraction of sp³-hybridized carbons (Fsp3) is 0.211. The number of fused-ring (bicyclic) bond motifs is 1. The number of hydrogen-bond acceptors (Lipinski definition) is 5. The zero-order valence-corrected chi connectivity index (χ0v) is 18.3. The smallest absolute Gasteiger partial charge is 0.262 e. The highest BCUT2D eigenvalue weighted by molar-refractivity contribution is 7.99. The van der Waals surface area contributed by atoms with Gasteiger partial charge in [-0.05, 0) is 36.4 Å². The van der Waals surface area contributed by atoms with E-state index in [0.29, 0.717) is 50.0 Å². The molecule has 1 amide bonds. The summed E-state index contributed by atoms with van der Waals surface area (Å²) < 4.78 is 6.58. The second-order valence-corrected chi connectivity index (χ2v) is 8.19. The monoisotopic (exact) mass is 471 g/mol. The minimum Gasteiger partial charge on any atom is -0.383 e. The van der Waals surface area contributed by atoms with Crippen LogP contribution in [0.1, 0.15) is 0 Å². The number of benzene rings is 2. The van der Waals surface area contributed by atoms with Crippen molar-refractivity contribution in [2.24, 2.45) is 0 Å². The number of halogens is 3. The first-order valence-electron chi connectivity index (χ1n) is 8.46. The average Bonchev–Trinajstić information content (AvgIpc) is 2.68. The van der Waals surface area contributed by atoms with E-state index in [0.717, 1.165) is 11.8 Å². The molecule has 152 valence electrons. The van der Waals surface area contributed by atoms with Crippen molar-refractivity contribution in [1.29, 1.82) is 0 Å². The third kappa shape index (κ3) is 5.43. The molecule has 1 aromatic heterocycles. The molecule has 0 saturated carbocycles. The van der Waals surface area contributed by atoms with Crippen molar-refractivity contribution in [1.82, 2.24) is 9.55 Å². The van der Waals surface area contributed by atoms with Crippen molar-refractivity contribution in [2.75, 3.05) is 24.8 Å². The van der Waals surface area contributed by atoms with Crippen molar-refractivity contribution < 1.29 is 9.53 Å². The number of thioether (sulfide) groups is 1. The van der Waals surface area contributed by atoms with E-state index in [4.69, 9.17) is 39.5 Å². The zero-order chi connectivity index (χ0) is 21.0. The summed E-state index contributed by atoms with van der Waals surface area (Å²) in [7, 11) is 1.55. The van der Waals surface area contributed by atoms with Gasteiger partial charge < -0.3 is 10.1 Å². The molecule has 0 unspecified atom stereocenters. The highest BCUT2D eigenvalue weighted by Crippen LogP contribution is 2.26. The second-order valence-electron chi connectivity index (χ2n) is 5.97. The van der Waals surface area contributed by atoms with E-state index in [1.54, 1.807) is 43.5 Å². The van der Waals surface area contributed by atoms with E-state index >= 15 is 0 Å². The summed E-state index contributed by atoms with van der Waals surface area (Å²) >= 11 is 19.1. The van der Waals surface area contributed by atoms with Crippen molar-refractivity contribution >= 4 is 69.1 Å². The van der Waals surface area contributed by atoms with Crippen LogP contribution in [0.25, 0.3) is 10.9 Å². The molecule has 0 spiro atoms. The lowest BCUT2D eigenvalue weighted by Crippen LogP contribution is -2.26. The minimum atomic E-state index is -0.294. The molecule has 3 aromatic rings. The number of carbonyl (C=O) groups is 1. The summed E-state index contributed by atoms with van der Waals surface area (Å²) in [5.41, 5.74) is 0.712. The van der Waals surface area contributed by atoms with Crippen LogP contribution in [0.3, 0.4) is 0 Å². The molecule has 0 bridgehead atoms. The van der Waals surface area contributed by atoms with Gasteiger partial charge in [0.05, 0.1) is 40.5 Å². The topological polar surface area (TPSA) is 73.2 Å². The predicted octanol–water partition coefficient (Wildman–Crippen LogP) is 4.73. The van der Waals surface area contributed by atoms with Crippen LogP contribution in [-0.2, 0) is 16.1 Å². The highest BCUT2D eigenvalue weighted by Gasteiger charge is 2.14. The molecule has 2 aromatic carbocycles. The Kier molecular flexibility index (Phi) is 7.43. The summed E-state index contributed by atoms with van der Waals surface area (Å²) in [6, 6.07) is 9.70. The van der Waals surface area contributed by atoms with Gasteiger partial charge in [-0.25, -0.2) is 4.98 Å². The van der Waals surface area contributed by atoms with E-state index in [1.165, 1.54) is 4.57 Å². The van der Waals surface area contributed by atoms with Crippen molar-refractivity contribution in [2.45, 2.75) is 11.7 Å². The number of carbonyl (C=O) groups excluding carboxylic acids is 1. The maximum Gasteiger partial charge on any atom is 0.262 e. The first kappa shape index (κ1) is 21.9. The number of anilines is 1. The van der Waals surface area contributed by atoms with Gasteiger partial charge in [-0.3, -0.25) is 14.2 Å². The third-order valence-corrected chi connectivity index (χ3v) is 5.70. The van der Waals surface area contributed by atoms with Gasteiger partial charge in [-0.1, -0.05) is 46.6 Å². The fourth-order valence-electron chi connectivity index (χ4n) is 2.57. The minimum absolute atomic E-state index is 0.0322. The summed E-state index contributed by atoms with van der Waals surface area (Å²) in [5.74, 6) is -0.261. The molecule has 3 rings (SSSR count). The summed E-state index contributed by atoms with van der Waals surface area (Å²) in [6.45, 7) is 0.648. The molecular weight excluding hydrogens is 457 g/mol. The Morgan fingerprint density at radius 2 is 1.90 bits per heavy atom. The summed E-state index contributed by atoms with van der Waals surface area (Å²) in [4.78, 5) is 29.7. The molecule has 1 heterocycles. The molecule has 29 heavy (non-hydrogen) atoms. The number of amides is 1. The number of methoxy groups -OCH3 is 1. The van der Waals surface area contributed by atoms with Gasteiger partial charge >= 0.3 is 0 Å². The molecule has 0 fully saturated rings. The van der Waals surface area contributed by atoms with Gasteiger partial charge in [0.25, 0.3) is 5.56 Å². The molecule has 0 aliphatic carbocycles. The Labute approximate surface area is 186 Å². The van der Waals surface area contributed by atoms with Crippen LogP contribution < -0.4 is 10.9 Å². The van der Waals surface area contributed by atoms with Gasteiger partial charge in [0.2, 0.25) is 5.91 Å². The van der Waals surface area contributed by atoms with Crippen LogP contribution in [0.4, 0.5) is 5.69 Å². The Hall–Kier alpha value is -1.77.